The average molecular weight is 615 g/mol. The molecule has 0 atom stereocenters. The van der Waals surface area contributed by atoms with Gasteiger partial charge in [0.15, 0.2) is 0 Å². The van der Waals surface area contributed by atoms with Crippen molar-refractivity contribution in [1.82, 2.24) is 0 Å². The van der Waals surface area contributed by atoms with E-state index in [2.05, 4.69) is 34.9 Å². The van der Waals surface area contributed by atoms with Gasteiger partial charge in [0.2, 0.25) is 0 Å². The van der Waals surface area contributed by atoms with E-state index in [9.17, 15) is 17.6 Å². The number of rotatable bonds is 4. The third kappa shape index (κ3) is 13.6. The zero-order chi connectivity index (χ0) is 30.2. The maximum absolute atomic E-state index is 13.3. The first-order valence-electron chi connectivity index (χ1n) is 13.2. The molecule has 2 aliphatic carbocycles. The minimum absolute atomic E-state index is 0. The number of benzene rings is 4. The Bertz CT molecular complexity index is 1390. The molecule has 0 spiro atoms. The fraction of sp³-hybridized carbons (Fsp3) is 0.111. The van der Waals surface area contributed by atoms with E-state index in [-0.39, 0.29) is 33.1 Å². The fourth-order valence-electron chi connectivity index (χ4n) is 3.35. The summed E-state index contributed by atoms with van der Waals surface area (Å²) < 4.78 is 51.7. The average Bonchev–Trinajstić information content (AvgIpc) is 3.75. The predicted octanol–water partition coefficient (Wildman–Crippen LogP) is 10.2. The number of aryl methyl sites for hydroxylation is 2. The van der Waals surface area contributed by atoms with Gasteiger partial charge in [-0.3, -0.25) is 12.2 Å². The van der Waals surface area contributed by atoms with E-state index < -0.39 is 23.3 Å². The Hall–Kier alpha value is -4.13. The second-order valence-corrected chi connectivity index (χ2v) is 9.06. The van der Waals surface area contributed by atoms with Crippen molar-refractivity contribution >= 4 is 22.7 Å². The summed E-state index contributed by atoms with van der Waals surface area (Å²) in [4.78, 5) is 0. The number of nitrogens with one attached hydrogen (secondary N) is 2. The first kappa shape index (κ1) is 35.1. The largest absolute Gasteiger partial charge is 4.00 e. The Balaban J connectivity index is 0.000000223. The molecule has 4 aromatic carbocycles. The molecule has 6 rings (SSSR count). The van der Waals surface area contributed by atoms with Crippen LogP contribution < -0.4 is 10.6 Å². The molecule has 0 radical (unpaired) electrons. The van der Waals surface area contributed by atoms with Crippen LogP contribution in [0.1, 0.15) is 24.0 Å². The van der Waals surface area contributed by atoms with Gasteiger partial charge in [0, 0.05) is 34.6 Å². The summed E-state index contributed by atoms with van der Waals surface area (Å²) in [6, 6.07) is 23.9. The van der Waals surface area contributed by atoms with Crippen molar-refractivity contribution in [1.29, 1.82) is 0 Å². The second kappa shape index (κ2) is 19.1. The Morgan fingerprint density at radius 2 is 0.907 bits per heavy atom. The number of allylic oxidation sites excluding steroid dienone is 8. The molecule has 0 heterocycles. The molecule has 2 N–H and O–H groups in total. The van der Waals surface area contributed by atoms with Crippen molar-refractivity contribution in [3.8, 4) is 0 Å². The van der Waals surface area contributed by atoms with Crippen molar-refractivity contribution in [3.63, 3.8) is 0 Å². The van der Waals surface area contributed by atoms with Crippen LogP contribution in [0.5, 0.6) is 0 Å². The SMILES string of the molecule is Cc1ccc(Nc2ccc(F)[c-]c2F)cc1.Cc1ccc(Nc2ccc(F)[c-]c2F)cc1.[C-]1=CC=CC1.[C-]1=CC=CC1.[Ti+4]. The van der Waals surface area contributed by atoms with Gasteiger partial charge in [0.05, 0.1) is 0 Å². The minimum Gasteiger partial charge on any atom is -0.406 e. The van der Waals surface area contributed by atoms with E-state index in [0.29, 0.717) is 0 Å². The molecule has 0 aromatic heterocycles. The van der Waals surface area contributed by atoms with Gasteiger partial charge in [-0.15, -0.1) is 49.2 Å². The van der Waals surface area contributed by atoms with Crippen LogP contribution in [0.3, 0.4) is 0 Å². The van der Waals surface area contributed by atoms with Gasteiger partial charge in [0.25, 0.3) is 0 Å². The maximum Gasteiger partial charge on any atom is 4.00 e. The molecule has 0 bridgehead atoms. The Kier molecular flexibility index (Phi) is 15.6. The van der Waals surface area contributed by atoms with Crippen molar-refractivity contribution in [2.45, 2.75) is 26.7 Å². The Morgan fingerprint density at radius 3 is 1.16 bits per heavy atom. The monoisotopic (exact) mass is 614 g/mol. The van der Waals surface area contributed by atoms with Gasteiger partial charge in [-0.2, -0.15) is 12.2 Å². The molecule has 0 aliphatic heterocycles. The van der Waals surface area contributed by atoms with Gasteiger partial charge in [-0.25, -0.2) is 41.9 Å². The minimum atomic E-state index is -0.722. The standard InChI is InChI=1S/2C13H10F2N.2C5H5.Ti/c2*1-9-2-5-11(6-3-9)16-13-7-4-10(14)8-12(13)15;2*1-2-4-5-3-1;/h2*2-7,16H,1H3;2*1-3H,4H2;/q4*-1;+4. The van der Waals surface area contributed by atoms with E-state index in [1.165, 1.54) is 24.3 Å². The van der Waals surface area contributed by atoms with Crippen molar-refractivity contribution in [2.24, 2.45) is 0 Å². The molecule has 2 nitrogen and oxygen atoms in total. The van der Waals surface area contributed by atoms with Crippen LogP contribution in [-0.4, -0.2) is 0 Å². The van der Waals surface area contributed by atoms with E-state index in [1.807, 2.05) is 98.8 Å². The number of hydrogen-bond acceptors (Lipinski definition) is 2. The summed E-state index contributed by atoms with van der Waals surface area (Å²) in [6.07, 6.45) is 20.0. The Morgan fingerprint density at radius 1 is 0.535 bits per heavy atom. The summed E-state index contributed by atoms with van der Waals surface area (Å²) in [5.41, 5.74) is 4.18. The van der Waals surface area contributed by atoms with Crippen LogP contribution in [-0.2, 0) is 21.7 Å². The number of hydrogen-bond donors (Lipinski definition) is 2. The molecular formula is C36H30F4N2Ti. The second-order valence-electron chi connectivity index (χ2n) is 9.06. The van der Waals surface area contributed by atoms with Gasteiger partial charge < -0.3 is 10.6 Å². The number of anilines is 4. The molecular weight excluding hydrogens is 584 g/mol. The summed E-state index contributed by atoms with van der Waals surface area (Å²) in [5.74, 6) is -2.85. The smallest absolute Gasteiger partial charge is 0.406 e. The van der Waals surface area contributed by atoms with Crippen molar-refractivity contribution in [2.75, 3.05) is 10.6 Å². The predicted molar refractivity (Wildman–Crippen MR) is 162 cm³/mol. The summed E-state index contributed by atoms with van der Waals surface area (Å²) in [5, 5.41) is 5.71. The molecule has 216 valence electrons. The fourth-order valence-corrected chi connectivity index (χ4v) is 3.35. The van der Waals surface area contributed by atoms with Crippen LogP contribution in [0, 0.1) is 61.4 Å². The molecule has 7 heteroatoms. The van der Waals surface area contributed by atoms with Gasteiger partial charge in [-0.05, 0) is 49.5 Å². The quantitative estimate of drug-likeness (QED) is 0.136. The van der Waals surface area contributed by atoms with Crippen molar-refractivity contribution in [3.05, 3.63) is 168 Å². The van der Waals surface area contributed by atoms with Gasteiger partial charge in [0.1, 0.15) is 0 Å². The van der Waals surface area contributed by atoms with Crippen molar-refractivity contribution < 1.29 is 39.3 Å². The maximum atomic E-state index is 13.3. The van der Waals surface area contributed by atoms with Crippen LogP contribution in [0.2, 0.25) is 0 Å². The first-order chi connectivity index (χ1) is 20.3. The van der Waals surface area contributed by atoms with E-state index in [1.54, 1.807) is 0 Å². The van der Waals surface area contributed by atoms with Gasteiger partial charge >= 0.3 is 21.7 Å². The number of halogens is 4. The molecule has 2 aliphatic rings. The van der Waals surface area contributed by atoms with Crippen LogP contribution in [0.4, 0.5) is 40.3 Å². The summed E-state index contributed by atoms with van der Waals surface area (Å²) >= 11 is 0. The zero-order valence-electron chi connectivity index (χ0n) is 23.8. The molecule has 0 saturated carbocycles. The molecule has 0 amide bonds. The van der Waals surface area contributed by atoms with Crippen LogP contribution >= 0.6 is 0 Å². The molecule has 43 heavy (non-hydrogen) atoms. The van der Waals surface area contributed by atoms with E-state index in [0.717, 1.165) is 35.3 Å². The van der Waals surface area contributed by atoms with E-state index in [4.69, 9.17) is 0 Å². The first-order valence-corrected chi connectivity index (χ1v) is 13.2. The third-order valence-corrected chi connectivity index (χ3v) is 5.56. The molecule has 0 unspecified atom stereocenters. The Labute approximate surface area is 266 Å². The third-order valence-electron chi connectivity index (χ3n) is 5.56. The van der Waals surface area contributed by atoms with Gasteiger partial charge in [-0.1, -0.05) is 35.4 Å². The summed E-state index contributed by atoms with van der Waals surface area (Å²) in [6.45, 7) is 3.94. The zero-order valence-corrected chi connectivity index (χ0v) is 25.4. The normalized spacial score (nSPS) is 11.7. The van der Waals surface area contributed by atoms with Crippen LogP contribution in [0.25, 0.3) is 0 Å². The molecule has 0 saturated heterocycles. The summed E-state index contributed by atoms with van der Waals surface area (Å²) in [7, 11) is 0. The molecule has 0 fully saturated rings. The molecule has 4 aromatic rings. The topological polar surface area (TPSA) is 24.1 Å². The van der Waals surface area contributed by atoms with Crippen LogP contribution in [0.15, 0.2) is 109 Å². The van der Waals surface area contributed by atoms with E-state index >= 15 is 0 Å².